The van der Waals surface area contributed by atoms with Gasteiger partial charge in [-0.15, -0.1) is 0 Å². The summed E-state index contributed by atoms with van der Waals surface area (Å²) in [6, 6.07) is 2.47. The molecule has 1 atom stereocenters. The molecule has 2 heterocycles. The Hall–Kier alpha value is -0.930. The minimum atomic E-state index is 0.381. The van der Waals surface area contributed by atoms with Crippen molar-refractivity contribution >= 4 is 0 Å². The molecule has 1 aromatic heterocycles. The average molecular weight is 177 g/mol. The highest BCUT2D eigenvalue weighted by Crippen LogP contribution is 2.26. The molecule has 1 unspecified atom stereocenters. The van der Waals surface area contributed by atoms with Gasteiger partial charge >= 0.3 is 0 Å². The highest BCUT2D eigenvalue weighted by Gasteiger charge is 2.22. The van der Waals surface area contributed by atoms with E-state index in [1.165, 1.54) is 11.1 Å². The molecule has 0 aliphatic carbocycles. The molecule has 2 N–H and O–H groups in total. The molecule has 0 radical (unpaired) electrons. The zero-order valence-corrected chi connectivity index (χ0v) is 7.90. The number of likely N-dealkylation sites (N-methyl/N-ethyl adjacent to an activating group) is 1. The predicted octanol–water partition coefficient (Wildman–Crippen LogP) is 0.569. The van der Waals surface area contributed by atoms with Gasteiger partial charge in [0.25, 0.3) is 0 Å². The summed E-state index contributed by atoms with van der Waals surface area (Å²) >= 11 is 0. The normalized spacial score (nSPS) is 22.8. The first-order valence-electron chi connectivity index (χ1n) is 4.66. The van der Waals surface area contributed by atoms with Crippen molar-refractivity contribution in [3.05, 3.63) is 29.6 Å². The Kier molecular flexibility index (Phi) is 2.29. The van der Waals surface area contributed by atoms with Crippen LogP contribution >= 0.6 is 0 Å². The first kappa shape index (κ1) is 8.66. The molecule has 1 aliphatic rings. The van der Waals surface area contributed by atoms with Gasteiger partial charge in [-0.3, -0.25) is 9.88 Å². The molecule has 0 fully saturated rings. The monoisotopic (exact) mass is 177 g/mol. The molecule has 70 valence electrons. The van der Waals surface area contributed by atoms with Crippen molar-refractivity contribution in [2.75, 3.05) is 20.1 Å². The van der Waals surface area contributed by atoms with Crippen LogP contribution in [0.2, 0.25) is 0 Å². The fourth-order valence-electron chi connectivity index (χ4n) is 1.97. The van der Waals surface area contributed by atoms with Crippen molar-refractivity contribution < 1.29 is 0 Å². The quantitative estimate of drug-likeness (QED) is 0.682. The van der Waals surface area contributed by atoms with Gasteiger partial charge in [0, 0.05) is 31.5 Å². The van der Waals surface area contributed by atoms with E-state index in [1.807, 2.05) is 12.4 Å². The third kappa shape index (κ3) is 1.45. The van der Waals surface area contributed by atoms with E-state index in [2.05, 4.69) is 23.0 Å². The number of rotatable bonds is 1. The van der Waals surface area contributed by atoms with Crippen LogP contribution in [0.1, 0.15) is 17.2 Å². The van der Waals surface area contributed by atoms with Crippen molar-refractivity contribution in [1.82, 2.24) is 9.88 Å². The lowest BCUT2D eigenvalue weighted by Crippen LogP contribution is -2.36. The third-order valence-electron chi connectivity index (χ3n) is 2.79. The number of nitrogens with two attached hydrogens (primary N) is 1. The number of nitrogens with zero attached hydrogens (tertiary/aromatic N) is 2. The maximum Gasteiger partial charge on any atom is 0.0471 e. The number of hydrogen-bond acceptors (Lipinski definition) is 3. The Morgan fingerprint density at radius 3 is 3.31 bits per heavy atom. The van der Waals surface area contributed by atoms with Crippen molar-refractivity contribution in [2.45, 2.75) is 12.5 Å². The topological polar surface area (TPSA) is 42.2 Å². The van der Waals surface area contributed by atoms with E-state index in [-0.39, 0.29) is 0 Å². The van der Waals surface area contributed by atoms with Gasteiger partial charge in [0.1, 0.15) is 0 Å². The second kappa shape index (κ2) is 3.44. The maximum absolute atomic E-state index is 5.75. The standard InChI is InChI=1S/C10H15N3/c1-13-5-3-8-7-12-4-2-9(8)10(13)6-11/h2,4,7,10H,3,5-6,11H2,1H3. The summed E-state index contributed by atoms with van der Waals surface area (Å²) in [5.41, 5.74) is 8.46. The Morgan fingerprint density at radius 2 is 2.54 bits per heavy atom. The van der Waals surface area contributed by atoms with Crippen molar-refractivity contribution in [2.24, 2.45) is 5.73 Å². The van der Waals surface area contributed by atoms with Crippen LogP contribution in [0.15, 0.2) is 18.5 Å². The van der Waals surface area contributed by atoms with Gasteiger partial charge < -0.3 is 5.73 Å². The van der Waals surface area contributed by atoms with E-state index in [9.17, 15) is 0 Å². The van der Waals surface area contributed by atoms with Crippen LogP contribution in [-0.2, 0) is 6.42 Å². The Balaban J connectivity index is 2.39. The lowest BCUT2D eigenvalue weighted by atomic mass is 9.95. The molecule has 0 spiro atoms. The first-order valence-corrected chi connectivity index (χ1v) is 4.66. The predicted molar refractivity (Wildman–Crippen MR) is 52.4 cm³/mol. The van der Waals surface area contributed by atoms with Crippen molar-refractivity contribution in [3.8, 4) is 0 Å². The number of hydrogen-bond donors (Lipinski definition) is 1. The number of fused-ring (bicyclic) bond motifs is 1. The Bertz CT molecular complexity index is 298. The molecule has 0 saturated carbocycles. The summed E-state index contributed by atoms with van der Waals surface area (Å²) < 4.78 is 0. The fourth-order valence-corrected chi connectivity index (χ4v) is 1.97. The van der Waals surface area contributed by atoms with E-state index in [4.69, 9.17) is 5.73 Å². The van der Waals surface area contributed by atoms with E-state index in [0.717, 1.165) is 13.0 Å². The van der Waals surface area contributed by atoms with Gasteiger partial charge in [0.05, 0.1) is 0 Å². The van der Waals surface area contributed by atoms with E-state index in [1.54, 1.807) is 0 Å². The van der Waals surface area contributed by atoms with E-state index in [0.29, 0.717) is 12.6 Å². The minimum Gasteiger partial charge on any atom is -0.329 e. The van der Waals surface area contributed by atoms with Crippen LogP contribution in [0, 0.1) is 0 Å². The molecule has 0 aromatic carbocycles. The largest absolute Gasteiger partial charge is 0.329 e. The second-order valence-corrected chi connectivity index (χ2v) is 3.56. The lowest BCUT2D eigenvalue weighted by molar-refractivity contribution is 0.236. The number of pyridine rings is 1. The molecule has 1 aromatic rings. The molecule has 0 bridgehead atoms. The molecular formula is C10H15N3. The van der Waals surface area contributed by atoms with Gasteiger partial charge in [0.2, 0.25) is 0 Å². The third-order valence-corrected chi connectivity index (χ3v) is 2.79. The highest BCUT2D eigenvalue weighted by atomic mass is 15.1. The second-order valence-electron chi connectivity index (χ2n) is 3.56. The Morgan fingerprint density at radius 1 is 1.69 bits per heavy atom. The van der Waals surface area contributed by atoms with E-state index < -0.39 is 0 Å². The average Bonchev–Trinajstić information content (AvgIpc) is 2.18. The van der Waals surface area contributed by atoms with Gasteiger partial charge in [-0.1, -0.05) is 0 Å². The van der Waals surface area contributed by atoms with Crippen LogP contribution < -0.4 is 5.73 Å². The van der Waals surface area contributed by atoms with Crippen molar-refractivity contribution in [1.29, 1.82) is 0 Å². The van der Waals surface area contributed by atoms with E-state index >= 15 is 0 Å². The summed E-state index contributed by atoms with van der Waals surface area (Å²) in [6.45, 7) is 1.77. The minimum absolute atomic E-state index is 0.381. The summed E-state index contributed by atoms with van der Waals surface area (Å²) in [6.07, 6.45) is 4.90. The maximum atomic E-state index is 5.75. The molecule has 13 heavy (non-hydrogen) atoms. The van der Waals surface area contributed by atoms with Crippen LogP contribution in [0.25, 0.3) is 0 Å². The van der Waals surface area contributed by atoms with Crippen molar-refractivity contribution in [3.63, 3.8) is 0 Å². The lowest BCUT2D eigenvalue weighted by Gasteiger charge is -2.33. The molecule has 0 amide bonds. The summed E-state index contributed by atoms with van der Waals surface area (Å²) in [4.78, 5) is 6.44. The summed E-state index contributed by atoms with van der Waals surface area (Å²) in [7, 11) is 2.13. The highest BCUT2D eigenvalue weighted by molar-refractivity contribution is 5.29. The van der Waals surface area contributed by atoms with Crippen LogP contribution in [0.3, 0.4) is 0 Å². The summed E-state index contributed by atoms with van der Waals surface area (Å²) in [5.74, 6) is 0. The molecule has 3 heteroatoms. The van der Waals surface area contributed by atoms with Gasteiger partial charge in [0.15, 0.2) is 0 Å². The van der Waals surface area contributed by atoms with Gasteiger partial charge in [-0.2, -0.15) is 0 Å². The van der Waals surface area contributed by atoms with Crippen LogP contribution in [0.4, 0.5) is 0 Å². The van der Waals surface area contributed by atoms with Crippen LogP contribution in [0.5, 0.6) is 0 Å². The zero-order valence-electron chi connectivity index (χ0n) is 7.90. The van der Waals surface area contributed by atoms with Gasteiger partial charge in [-0.05, 0) is 30.7 Å². The SMILES string of the molecule is CN1CCc2cnccc2C1CN. The smallest absolute Gasteiger partial charge is 0.0471 e. The fraction of sp³-hybridized carbons (Fsp3) is 0.500. The Labute approximate surface area is 78.6 Å². The van der Waals surface area contributed by atoms with Gasteiger partial charge in [-0.25, -0.2) is 0 Å². The molecule has 1 aliphatic heterocycles. The summed E-state index contributed by atoms with van der Waals surface area (Å²) in [5, 5.41) is 0. The molecule has 0 saturated heterocycles. The molecule has 2 rings (SSSR count). The first-order chi connectivity index (χ1) is 6.33. The molecule has 3 nitrogen and oxygen atoms in total. The zero-order chi connectivity index (χ0) is 9.26. The molecular weight excluding hydrogens is 162 g/mol. The van der Waals surface area contributed by atoms with Crippen LogP contribution in [-0.4, -0.2) is 30.0 Å². The number of aromatic nitrogens is 1.